The zero-order valence-corrected chi connectivity index (χ0v) is 12.7. The van der Waals surface area contributed by atoms with Gasteiger partial charge in [0, 0.05) is 18.2 Å². The fraction of sp³-hybridized carbons (Fsp3) is 0.571. The Bertz CT molecular complexity index is 472. The second kappa shape index (κ2) is 6.90. The van der Waals surface area contributed by atoms with Crippen molar-refractivity contribution in [3.05, 3.63) is 22.8 Å². The van der Waals surface area contributed by atoms with E-state index in [9.17, 15) is 4.79 Å². The van der Waals surface area contributed by atoms with Crippen LogP contribution in [-0.2, 0) is 0 Å². The predicted octanol–water partition coefficient (Wildman–Crippen LogP) is 1.99. The highest BCUT2D eigenvalue weighted by atomic mass is 35.5. The summed E-state index contributed by atoms with van der Waals surface area (Å²) in [5, 5.41) is 6.47. The van der Waals surface area contributed by atoms with Crippen molar-refractivity contribution in [3.8, 4) is 0 Å². The minimum atomic E-state index is -0.0805. The number of rotatable bonds is 4. The van der Waals surface area contributed by atoms with Crippen molar-refractivity contribution in [2.45, 2.75) is 25.8 Å². The van der Waals surface area contributed by atoms with E-state index >= 15 is 0 Å². The van der Waals surface area contributed by atoms with Crippen LogP contribution in [0.25, 0.3) is 0 Å². The second-order valence-corrected chi connectivity index (χ2v) is 5.53. The average Bonchev–Trinajstić information content (AvgIpc) is 2.41. The number of halogens is 1. The van der Waals surface area contributed by atoms with Crippen LogP contribution in [0, 0.1) is 0 Å². The molecule has 1 aliphatic heterocycles. The van der Waals surface area contributed by atoms with Gasteiger partial charge in [0.2, 0.25) is 0 Å². The first-order chi connectivity index (χ1) is 9.58. The maximum absolute atomic E-state index is 12.3. The topological polar surface area (TPSA) is 57.3 Å². The van der Waals surface area contributed by atoms with Gasteiger partial charge in [-0.3, -0.25) is 4.79 Å². The van der Waals surface area contributed by atoms with Crippen molar-refractivity contribution in [2.24, 2.45) is 0 Å². The molecule has 110 valence electrons. The number of hydrogen-bond acceptors (Lipinski definition) is 4. The molecule has 0 aliphatic carbocycles. The normalized spacial score (nSPS) is 16.9. The third-order valence-corrected chi connectivity index (χ3v) is 3.66. The number of nitrogens with zero attached hydrogens (tertiary/aromatic N) is 2. The number of aromatic nitrogens is 1. The maximum atomic E-state index is 12.3. The van der Waals surface area contributed by atoms with E-state index in [4.69, 9.17) is 11.6 Å². The number of piperidine rings is 1. The summed E-state index contributed by atoms with van der Waals surface area (Å²) in [4.78, 5) is 18.7. The van der Waals surface area contributed by atoms with Crippen LogP contribution in [0.3, 0.4) is 0 Å². The molecule has 0 unspecified atom stereocenters. The molecule has 1 aromatic rings. The highest BCUT2D eigenvalue weighted by molar-refractivity contribution is 6.29. The number of anilines is 1. The monoisotopic (exact) mass is 296 g/mol. The van der Waals surface area contributed by atoms with Gasteiger partial charge in [0.25, 0.3) is 5.91 Å². The van der Waals surface area contributed by atoms with Crippen LogP contribution in [-0.4, -0.2) is 48.5 Å². The van der Waals surface area contributed by atoms with Crippen LogP contribution in [0.15, 0.2) is 12.1 Å². The molecule has 2 heterocycles. The van der Waals surface area contributed by atoms with Gasteiger partial charge in [-0.15, -0.1) is 0 Å². The zero-order valence-electron chi connectivity index (χ0n) is 11.9. The van der Waals surface area contributed by atoms with E-state index in [2.05, 4.69) is 27.6 Å². The Balaban J connectivity index is 2.01. The van der Waals surface area contributed by atoms with Crippen LogP contribution >= 0.6 is 11.6 Å². The molecule has 0 atom stereocenters. The highest BCUT2D eigenvalue weighted by Crippen LogP contribution is 2.16. The molecular weight excluding hydrogens is 276 g/mol. The largest absolute Gasteiger partial charge is 0.370 e. The Morgan fingerprint density at radius 3 is 2.80 bits per heavy atom. The summed E-state index contributed by atoms with van der Waals surface area (Å²) >= 11 is 5.95. The lowest BCUT2D eigenvalue weighted by atomic mass is 10.1. The molecule has 1 aromatic heterocycles. The van der Waals surface area contributed by atoms with Gasteiger partial charge in [0.15, 0.2) is 0 Å². The SMILES string of the molecule is CCNc1cc(C(=O)NC2CCN(C)CC2)cc(Cl)n1. The lowest BCUT2D eigenvalue weighted by Crippen LogP contribution is -2.43. The highest BCUT2D eigenvalue weighted by Gasteiger charge is 2.19. The molecule has 0 aromatic carbocycles. The minimum absolute atomic E-state index is 0.0805. The molecule has 1 fully saturated rings. The van der Waals surface area contributed by atoms with E-state index in [0.29, 0.717) is 16.5 Å². The van der Waals surface area contributed by atoms with Crippen LogP contribution < -0.4 is 10.6 Å². The number of carbonyl (C=O) groups is 1. The first kappa shape index (κ1) is 15.1. The first-order valence-electron chi connectivity index (χ1n) is 6.99. The van der Waals surface area contributed by atoms with Crippen molar-refractivity contribution in [2.75, 3.05) is 32.0 Å². The molecule has 1 amide bonds. The molecule has 0 spiro atoms. The lowest BCUT2D eigenvalue weighted by Gasteiger charge is -2.29. The fourth-order valence-electron chi connectivity index (χ4n) is 2.32. The van der Waals surface area contributed by atoms with E-state index in [1.165, 1.54) is 0 Å². The molecule has 2 rings (SSSR count). The van der Waals surface area contributed by atoms with Gasteiger partial charge in [-0.25, -0.2) is 4.98 Å². The quantitative estimate of drug-likeness (QED) is 0.834. The Labute approximate surface area is 124 Å². The number of carbonyl (C=O) groups excluding carboxylic acids is 1. The first-order valence-corrected chi connectivity index (χ1v) is 7.37. The molecule has 1 aliphatic rings. The Morgan fingerprint density at radius 1 is 1.45 bits per heavy atom. The molecule has 0 saturated carbocycles. The summed E-state index contributed by atoms with van der Waals surface area (Å²) in [7, 11) is 2.10. The minimum Gasteiger partial charge on any atom is -0.370 e. The van der Waals surface area contributed by atoms with Crippen LogP contribution in [0.5, 0.6) is 0 Å². The standard InChI is InChI=1S/C14H21ClN4O/c1-3-16-13-9-10(8-12(15)18-13)14(20)17-11-4-6-19(2)7-5-11/h8-9,11H,3-7H2,1-2H3,(H,16,18)(H,17,20). The molecule has 0 radical (unpaired) electrons. The molecule has 5 nitrogen and oxygen atoms in total. The van der Waals surface area contributed by atoms with Crippen molar-refractivity contribution in [1.82, 2.24) is 15.2 Å². The molecule has 1 saturated heterocycles. The number of pyridine rings is 1. The average molecular weight is 297 g/mol. The van der Waals surface area contributed by atoms with Crippen molar-refractivity contribution in [1.29, 1.82) is 0 Å². The Hall–Kier alpha value is -1.33. The predicted molar refractivity (Wildman–Crippen MR) is 81.4 cm³/mol. The summed E-state index contributed by atoms with van der Waals surface area (Å²) in [6.45, 7) is 4.75. The summed E-state index contributed by atoms with van der Waals surface area (Å²) in [5.41, 5.74) is 0.555. The van der Waals surface area contributed by atoms with Crippen molar-refractivity contribution < 1.29 is 4.79 Å². The summed E-state index contributed by atoms with van der Waals surface area (Å²) in [6, 6.07) is 3.58. The van der Waals surface area contributed by atoms with Gasteiger partial charge < -0.3 is 15.5 Å². The van der Waals surface area contributed by atoms with E-state index in [0.717, 1.165) is 32.5 Å². The van der Waals surface area contributed by atoms with Crippen LogP contribution in [0.1, 0.15) is 30.1 Å². The molecule has 0 bridgehead atoms. The zero-order chi connectivity index (χ0) is 14.5. The van der Waals surface area contributed by atoms with Crippen molar-refractivity contribution in [3.63, 3.8) is 0 Å². The summed E-state index contributed by atoms with van der Waals surface area (Å²) in [6.07, 6.45) is 1.97. The number of amides is 1. The summed E-state index contributed by atoms with van der Waals surface area (Å²) in [5.74, 6) is 0.552. The summed E-state index contributed by atoms with van der Waals surface area (Å²) < 4.78 is 0. The Kier molecular flexibility index (Phi) is 5.20. The van der Waals surface area contributed by atoms with E-state index in [-0.39, 0.29) is 11.9 Å². The number of hydrogen-bond donors (Lipinski definition) is 2. The third-order valence-electron chi connectivity index (χ3n) is 3.47. The van der Waals surface area contributed by atoms with Gasteiger partial charge in [0.1, 0.15) is 11.0 Å². The smallest absolute Gasteiger partial charge is 0.251 e. The molecule has 2 N–H and O–H groups in total. The molecule has 20 heavy (non-hydrogen) atoms. The van der Waals surface area contributed by atoms with Gasteiger partial charge in [0.05, 0.1) is 0 Å². The van der Waals surface area contributed by atoms with E-state index < -0.39 is 0 Å². The Morgan fingerprint density at radius 2 is 2.15 bits per heavy atom. The van der Waals surface area contributed by atoms with E-state index in [1.54, 1.807) is 12.1 Å². The van der Waals surface area contributed by atoms with Gasteiger partial charge in [-0.2, -0.15) is 0 Å². The molecular formula is C14H21ClN4O. The number of nitrogens with one attached hydrogen (secondary N) is 2. The van der Waals surface area contributed by atoms with Gasteiger partial charge in [-0.1, -0.05) is 11.6 Å². The van der Waals surface area contributed by atoms with Gasteiger partial charge in [-0.05, 0) is 52.0 Å². The third kappa shape index (κ3) is 4.08. The fourth-order valence-corrected chi connectivity index (χ4v) is 2.53. The van der Waals surface area contributed by atoms with Gasteiger partial charge >= 0.3 is 0 Å². The van der Waals surface area contributed by atoms with Crippen LogP contribution in [0.4, 0.5) is 5.82 Å². The second-order valence-electron chi connectivity index (χ2n) is 5.15. The van der Waals surface area contributed by atoms with Crippen LogP contribution in [0.2, 0.25) is 5.15 Å². The lowest BCUT2D eigenvalue weighted by molar-refractivity contribution is 0.0917. The molecule has 6 heteroatoms. The van der Waals surface area contributed by atoms with Crippen molar-refractivity contribution >= 4 is 23.3 Å². The maximum Gasteiger partial charge on any atom is 0.251 e. The van der Waals surface area contributed by atoms with E-state index in [1.807, 2.05) is 6.92 Å². The number of likely N-dealkylation sites (tertiary alicyclic amines) is 1.